The fourth-order valence-electron chi connectivity index (χ4n) is 1.59. The van der Waals surface area contributed by atoms with Crippen LogP contribution in [0.4, 0.5) is 9.52 Å². The van der Waals surface area contributed by atoms with Gasteiger partial charge in [0.1, 0.15) is 0 Å². The SMILES string of the molecule is Nc1ncc(C(F)C2CCCN2)s1. The summed E-state index contributed by atoms with van der Waals surface area (Å²) >= 11 is 1.23. The molecule has 1 aliphatic heterocycles. The molecule has 2 heterocycles. The summed E-state index contributed by atoms with van der Waals surface area (Å²) in [6.07, 6.45) is 2.54. The highest BCUT2D eigenvalue weighted by atomic mass is 32.1. The number of nitrogens with one attached hydrogen (secondary N) is 1. The second kappa shape index (κ2) is 3.59. The van der Waals surface area contributed by atoms with Gasteiger partial charge in [-0.1, -0.05) is 11.3 Å². The van der Waals surface area contributed by atoms with Crippen LogP contribution in [0.15, 0.2) is 6.20 Å². The van der Waals surface area contributed by atoms with Crippen LogP contribution >= 0.6 is 11.3 Å². The summed E-state index contributed by atoms with van der Waals surface area (Å²) < 4.78 is 13.7. The van der Waals surface area contributed by atoms with Gasteiger partial charge in [-0.15, -0.1) is 0 Å². The molecule has 1 aliphatic rings. The summed E-state index contributed by atoms with van der Waals surface area (Å²) in [7, 11) is 0. The van der Waals surface area contributed by atoms with Crippen molar-refractivity contribution >= 4 is 16.5 Å². The molecule has 0 amide bonds. The van der Waals surface area contributed by atoms with Gasteiger partial charge < -0.3 is 11.1 Å². The van der Waals surface area contributed by atoms with E-state index >= 15 is 0 Å². The van der Waals surface area contributed by atoms with Crippen molar-refractivity contribution in [2.75, 3.05) is 12.3 Å². The van der Waals surface area contributed by atoms with E-state index in [-0.39, 0.29) is 6.04 Å². The van der Waals surface area contributed by atoms with E-state index in [1.807, 2.05) is 0 Å². The molecule has 3 nitrogen and oxygen atoms in total. The third kappa shape index (κ3) is 1.81. The molecule has 1 aromatic rings. The molecule has 72 valence electrons. The fourth-order valence-corrected chi connectivity index (χ4v) is 2.32. The zero-order valence-electron chi connectivity index (χ0n) is 7.16. The third-order valence-electron chi connectivity index (χ3n) is 2.26. The number of thiazole rings is 1. The van der Waals surface area contributed by atoms with E-state index in [9.17, 15) is 4.39 Å². The highest BCUT2D eigenvalue weighted by Crippen LogP contribution is 2.31. The van der Waals surface area contributed by atoms with Crippen molar-refractivity contribution in [2.24, 2.45) is 0 Å². The Kier molecular flexibility index (Phi) is 2.46. The topological polar surface area (TPSA) is 50.9 Å². The van der Waals surface area contributed by atoms with Crippen molar-refractivity contribution in [2.45, 2.75) is 25.1 Å². The highest BCUT2D eigenvalue weighted by Gasteiger charge is 2.26. The summed E-state index contributed by atoms with van der Waals surface area (Å²) in [4.78, 5) is 4.47. The molecule has 0 saturated carbocycles. The Bertz CT molecular complexity index is 283. The molecule has 1 fully saturated rings. The van der Waals surface area contributed by atoms with Crippen molar-refractivity contribution < 1.29 is 4.39 Å². The number of anilines is 1. The first-order valence-corrected chi connectivity index (χ1v) is 5.17. The van der Waals surface area contributed by atoms with E-state index in [0.717, 1.165) is 19.4 Å². The predicted molar refractivity (Wildman–Crippen MR) is 51.4 cm³/mol. The molecule has 5 heteroatoms. The van der Waals surface area contributed by atoms with Crippen LogP contribution in [-0.2, 0) is 0 Å². The van der Waals surface area contributed by atoms with Gasteiger partial charge in [0.2, 0.25) is 0 Å². The number of hydrogen-bond acceptors (Lipinski definition) is 4. The fraction of sp³-hybridized carbons (Fsp3) is 0.625. The molecule has 0 aromatic carbocycles. The van der Waals surface area contributed by atoms with Crippen LogP contribution in [0.3, 0.4) is 0 Å². The maximum atomic E-state index is 13.7. The van der Waals surface area contributed by atoms with Gasteiger partial charge in [0.15, 0.2) is 11.3 Å². The number of halogens is 1. The molecule has 0 radical (unpaired) electrons. The number of nitrogen functional groups attached to an aromatic ring is 1. The smallest absolute Gasteiger partial charge is 0.180 e. The number of rotatable bonds is 2. The van der Waals surface area contributed by atoms with E-state index < -0.39 is 6.17 Å². The summed E-state index contributed by atoms with van der Waals surface area (Å²) in [5, 5.41) is 3.57. The van der Waals surface area contributed by atoms with Crippen LogP contribution in [0, 0.1) is 0 Å². The number of nitrogens with two attached hydrogens (primary N) is 1. The molecular formula is C8H12FN3S. The average Bonchev–Trinajstić information content (AvgIpc) is 2.72. The Labute approximate surface area is 80.2 Å². The van der Waals surface area contributed by atoms with Crippen LogP contribution in [0.2, 0.25) is 0 Å². The monoisotopic (exact) mass is 201 g/mol. The molecule has 0 aliphatic carbocycles. The lowest BCUT2D eigenvalue weighted by Gasteiger charge is -2.13. The van der Waals surface area contributed by atoms with Gasteiger partial charge in [-0.05, 0) is 19.4 Å². The highest BCUT2D eigenvalue weighted by molar-refractivity contribution is 7.15. The number of aromatic nitrogens is 1. The minimum absolute atomic E-state index is 0.0418. The molecule has 1 aromatic heterocycles. The lowest BCUT2D eigenvalue weighted by molar-refractivity contribution is 0.275. The molecule has 1 saturated heterocycles. The van der Waals surface area contributed by atoms with Crippen LogP contribution in [0.1, 0.15) is 23.9 Å². The van der Waals surface area contributed by atoms with Crippen LogP contribution in [0.25, 0.3) is 0 Å². The van der Waals surface area contributed by atoms with E-state index in [2.05, 4.69) is 10.3 Å². The van der Waals surface area contributed by atoms with Crippen molar-refractivity contribution in [1.82, 2.24) is 10.3 Å². The van der Waals surface area contributed by atoms with E-state index in [1.54, 1.807) is 0 Å². The van der Waals surface area contributed by atoms with Gasteiger partial charge in [0.25, 0.3) is 0 Å². The molecule has 2 rings (SSSR count). The average molecular weight is 201 g/mol. The largest absolute Gasteiger partial charge is 0.375 e. The molecule has 13 heavy (non-hydrogen) atoms. The third-order valence-corrected chi connectivity index (χ3v) is 3.15. The van der Waals surface area contributed by atoms with Crippen molar-refractivity contribution in [1.29, 1.82) is 0 Å². The zero-order valence-corrected chi connectivity index (χ0v) is 7.98. The van der Waals surface area contributed by atoms with E-state index in [0.29, 0.717) is 10.0 Å². The Hall–Kier alpha value is -0.680. The second-order valence-electron chi connectivity index (χ2n) is 3.21. The Balaban J connectivity index is 2.07. The summed E-state index contributed by atoms with van der Waals surface area (Å²) in [6.45, 7) is 0.916. The van der Waals surface area contributed by atoms with E-state index in [4.69, 9.17) is 5.73 Å². The quantitative estimate of drug-likeness (QED) is 0.762. The van der Waals surface area contributed by atoms with Crippen molar-refractivity contribution in [3.63, 3.8) is 0 Å². The minimum atomic E-state index is -0.947. The Morgan fingerprint density at radius 1 is 1.77 bits per heavy atom. The molecule has 0 bridgehead atoms. The normalized spacial score (nSPS) is 24.8. The predicted octanol–water partition coefficient (Wildman–Crippen LogP) is 1.49. The van der Waals surface area contributed by atoms with Gasteiger partial charge in [-0.25, -0.2) is 9.37 Å². The summed E-state index contributed by atoms with van der Waals surface area (Å²) in [6, 6.07) is -0.0418. The molecule has 2 unspecified atom stereocenters. The first-order valence-electron chi connectivity index (χ1n) is 4.36. The first-order chi connectivity index (χ1) is 6.27. The van der Waals surface area contributed by atoms with Crippen LogP contribution in [0.5, 0.6) is 0 Å². The Morgan fingerprint density at radius 2 is 2.62 bits per heavy atom. The number of nitrogens with zero attached hydrogens (tertiary/aromatic N) is 1. The molecule has 0 spiro atoms. The van der Waals surface area contributed by atoms with Crippen LogP contribution in [-0.4, -0.2) is 17.6 Å². The van der Waals surface area contributed by atoms with Gasteiger partial charge in [0, 0.05) is 12.2 Å². The molecule has 3 N–H and O–H groups in total. The molecular weight excluding hydrogens is 189 g/mol. The molecule has 2 atom stereocenters. The number of hydrogen-bond donors (Lipinski definition) is 2. The van der Waals surface area contributed by atoms with Crippen molar-refractivity contribution in [3.8, 4) is 0 Å². The maximum absolute atomic E-state index is 13.7. The first kappa shape index (κ1) is 8.90. The van der Waals surface area contributed by atoms with Gasteiger partial charge in [-0.3, -0.25) is 0 Å². The van der Waals surface area contributed by atoms with Gasteiger partial charge in [-0.2, -0.15) is 0 Å². The lowest BCUT2D eigenvalue weighted by atomic mass is 10.1. The van der Waals surface area contributed by atoms with Gasteiger partial charge >= 0.3 is 0 Å². The Morgan fingerprint density at radius 3 is 3.15 bits per heavy atom. The minimum Gasteiger partial charge on any atom is -0.375 e. The summed E-state index contributed by atoms with van der Waals surface area (Å²) in [5.41, 5.74) is 5.44. The summed E-state index contributed by atoms with van der Waals surface area (Å²) in [5.74, 6) is 0. The van der Waals surface area contributed by atoms with Gasteiger partial charge in [0.05, 0.1) is 4.88 Å². The number of alkyl halides is 1. The maximum Gasteiger partial charge on any atom is 0.180 e. The second-order valence-corrected chi connectivity index (χ2v) is 4.30. The van der Waals surface area contributed by atoms with E-state index in [1.165, 1.54) is 17.5 Å². The van der Waals surface area contributed by atoms with Crippen molar-refractivity contribution in [3.05, 3.63) is 11.1 Å². The van der Waals surface area contributed by atoms with Crippen LogP contribution < -0.4 is 11.1 Å². The lowest BCUT2D eigenvalue weighted by Crippen LogP contribution is -2.25. The standard InChI is InChI=1S/C8H12FN3S/c9-7(5-2-1-3-11-5)6-4-12-8(10)13-6/h4-5,7,11H,1-3H2,(H2,10,12). The zero-order chi connectivity index (χ0) is 9.26.